The number of benzene rings is 3. The molecule has 3 rings (SSSR count). The first-order valence-electron chi connectivity index (χ1n) is 10.6. The van der Waals surface area contributed by atoms with Crippen molar-refractivity contribution >= 4 is 27.5 Å². The van der Waals surface area contributed by atoms with Crippen molar-refractivity contribution in [1.82, 2.24) is 4.72 Å². The molecule has 4 N–H and O–H groups in total. The number of rotatable bonds is 11. The minimum absolute atomic E-state index is 0.155. The predicted molar refractivity (Wildman–Crippen MR) is 128 cm³/mol. The number of carbonyl (C=O) groups is 2. The normalized spacial score (nSPS) is 11.2. The standard InChI is InChI=1S/C25H27N3O4S/c26-24(29)18-21-6-11-22(12-7-21)28-25(30)15-10-20-8-13-23(14-9-20)33(31,32)27-17-16-19-4-2-1-3-5-19/h1-9,11-14,27H,10,15-18H2,(H2,26,29)(H,28,30). The number of nitrogens with one attached hydrogen (secondary N) is 2. The van der Waals surface area contributed by atoms with E-state index in [0.717, 1.165) is 16.7 Å². The number of aryl methyl sites for hydroxylation is 1. The SMILES string of the molecule is NC(=O)Cc1ccc(NC(=O)CCc2ccc(S(=O)(=O)NCCc3ccccc3)cc2)cc1. The van der Waals surface area contributed by atoms with E-state index >= 15 is 0 Å². The number of amides is 2. The molecule has 0 radical (unpaired) electrons. The Morgan fingerprint density at radius 3 is 2.00 bits per heavy atom. The van der Waals surface area contributed by atoms with Crippen molar-refractivity contribution in [3.8, 4) is 0 Å². The van der Waals surface area contributed by atoms with Crippen LogP contribution in [0.25, 0.3) is 0 Å². The van der Waals surface area contributed by atoms with Crippen LogP contribution in [-0.4, -0.2) is 26.8 Å². The summed E-state index contributed by atoms with van der Waals surface area (Å²) in [7, 11) is -3.59. The largest absolute Gasteiger partial charge is 0.369 e. The van der Waals surface area contributed by atoms with E-state index in [1.54, 1.807) is 48.5 Å². The Morgan fingerprint density at radius 2 is 1.36 bits per heavy atom. The van der Waals surface area contributed by atoms with Gasteiger partial charge in [-0.25, -0.2) is 13.1 Å². The van der Waals surface area contributed by atoms with Crippen LogP contribution in [0.1, 0.15) is 23.1 Å². The molecule has 172 valence electrons. The Balaban J connectivity index is 1.46. The summed E-state index contributed by atoms with van der Waals surface area (Å²) in [4.78, 5) is 23.4. The second-order valence-electron chi connectivity index (χ2n) is 7.67. The third-order valence-corrected chi connectivity index (χ3v) is 6.52. The van der Waals surface area contributed by atoms with Crippen LogP contribution in [0.5, 0.6) is 0 Å². The molecular formula is C25H27N3O4S. The third-order valence-electron chi connectivity index (χ3n) is 5.04. The zero-order chi connectivity index (χ0) is 23.7. The molecule has 0 saturated carbocycles. The van der Waals surface area contributed by atoms with Gasteiger partial charge in [-0.3, -0.25) is 9.59 Å². The van der Waals surface area contributed by atoms with Crippen LogP contribution in [-0.2, 0) is 38.9 Å². The summed E-state index contributed by atoms with van der Waals surface area (Å²) in [6.07, 6.45) is 1.50. The van der Waals surface area contributed by atoms with Gasteiger partial charge in [0.25, 0.3) is 0 Å². The van der Waals surface area contributed by atoms with Gasteiger partial charge in [-0.1, -0.05) is 54.6 Å². The van der Waals surface area contributed by atoms with E-state index in [4.69, 9.17) is 5.73 Å². The van der Waals surface area contributed by atoms with Crippen molar-refractivity contribution < 1.29 is 18.0 Å². The molecular weight excluding hydrogens is 438 g/mol. The molecule has 0 unspecified atom stereocenters. The van der Waals surface area contributed by atoms with Gasteiger partial charge in [0.15, 0.2) is 0 Å². The number of primary amides is 1. The van der Waals surface area contributed by atoms with Gasteiger partial charge in [0, 0.05) is 18.7 Å². The van der Waals surface area contributed by atoms with E-state index in [2.05, 4.69) is 10.0 Å². The minimum atomic E-state index is -3.59. The second kappa shape index (κ2) is 11.4. The number of carbonyl (C=O) groups excluding carboxylic acids is 2. The van der Waals surface area contributed by atoms with Crippen LogP contribution in [0, 0.1) is 0 Å². The Hall–Kier alpha value is -3.49. The van der Waals surface area contributed by atoms with Crippen molar-refractivity contribution in [2.45, 2.75) is 30.6 Å². The Kier molecular flexibility index (Phi) is 8.34. The highest BCUT2D eigenvalue weighted by Crippen LogP contribution is 2.14. The lowest BCUT2D eigenvalue weighted by Gasteiger charge is -2.09. The Labute approximate surface area is 194 Å². The monoisotopic (exact) mass is 465 g/mol. The average molecular weight is 466 g/mol. The smallest absolute Gasteiger partial charge is 0.240 e. The van der Waals surface area contributed by atoms with Crippen molar-refractivity contribution in [3.63, 3.8) is 0 Å². The molecule has 0 fully saturated rings. The van der Waals surface area contributed by atoms with E-state index in [1.165, 1.54) is 0 Å². The van der Waals surface area contributed by atoms with E-state index in [9.17, 15) is 18.0 Å². The number of hydrogen-bond acceptors (Lipinski definition) is 4. The van der Waals surface area contributed by atoms with Gasteiger partial charge in [0.2, 0.25) is 21.8 Å². The first kappa shape index (κ1) is 24.2. The number of hydrogen-bond donors (Lipinski definition) is 3. The maximum absolute atomic E-state index is 12.5. The van der Waals surface area contributed by atoms with Gasteiger partial charge in [-0.15, -0.1) is 0 Å². The first-order chi connectivity index (χ1) is 15.8. The predicted octanol–water partition coefficient (Wildman–Crippen LogP) is 2.81. The topological polar surface area (TPSA) is 118 Å². The molecule has 3 aromatic carbocycles. The maximum Gasteiger partial charge on any atom is 0.240 e. The molecule has 0 atom stereocenters. The zero-order valence-electron chi connectivity index (χ0n) is 18.2. The fraction of sp³-hybridized carbons (Fsp3) is 0.200. The first-order valence-corrected chi connectivity index (χ1v) is 12.1. The van der Waals surface area contributed by atoms with Gasteiger partial charge in [-0.05, 0) is 53.8 Å². The molecule has 7 nitrogen and oxygen atoms in total. The quantitative estimate of drug-likeness (QED) is 0.403. The van der Waals surface area contributed by atoms with Gasteiger partial charge in [-0.2, -0.15) is 0 Å². The molecule has 0 heterocycles. The lowest BCUT2D eigenvalue weighted by molar-refractivity contribution is -0.117. The molecule has 0 aliphatic carbocycles. The van der Waals surface area contributed by atoms with Crippen LogP contribution >= 0.6 is 0 Å². The summed E-state index contributed by atoms with van der Waals surface area (Å²) >= 11 is 0. The molecule has 3 aromatic rings. The fourth-order valence-corrected chi connectivity index (χ4v) is 4.31. The highest BCUT2D eigenvalue weighted by Gasteiger charge is 2.13. The number of anilines is 1. The molecule has 8 heteroatoms. The van der Waals surface area contributed by atoms with Gasteiger partial charge < -0.3 is 11.1 Å². The molecule has 33 heavy (non-hydrogen) atoms. The summed E-state index contributed by atoms with van der Waals surface area (Å²) in [5.41, 5.74) is 8.52. The number of nitrogens with two attached hydrogens (primary N) is 1. The van der Waals surface area contributed by atoms with Crippen LogP contribution in [0.3, 0.4) is 0 Å². The van der Waals surface area contributed by atoms with E-state index < -0.39 is 15.9 Å². The molecule has 0 bridgehead atoms. The van der Waals surface area contributed by atoms with E-state index in [-0.39, 0.29) is 23.6 Å². The Bertz CT molecular complexity index is 1180. The summed E-state index contributed by atoms with van der Waals surface area (Å²) in [6.45, 7) is 0.317. The molecule has 0 spiro atoms. The number of sulfonamides is 1. The van der Waals surface area contributed by atoms with Crippen molar-refractivity contribution in [2.75, 3.05) is 11.9 Å². The molecule has 2 amide bonds. The lowest BCUT2D eigenvalue weighted by atomic mass is 10.1. The highest BCUT2D eigenvalue weighted by atomic mass is 32.2. The summed E-state index contributed by atoms with van der Waals surface area (Å²) in [5, 5.41) is 2.80. The molecule has 0 aromatic heterocycles. The third kappa shape index (κ3) is 7.85. The van der Waals surface area contributed by atoms with E-state index in [0.29, 0.717) is 25.1 Å². The molecule has 0 aliphatic heterocycles. The Morgan fingerprint density at radius 1 is 0.758 bits per heavy atom. The maximum atomic E-state index is 12.5. The summed E-state index contributed by atoms with van der Waals surface area (Å²) in [5.74, 6) is -0.564. The zero-order valence-corrected chi connectivity index (χ0v) is 19.0. The van der Waals surface area contributed by atoms with Gasteiger partial charge >= 0.3 is 0 Å². The lowest BCUT2D eigenvalue weighted by Crippen LogP contribution is -2.26. The van der Waals surface area contributed by atoms with E-state index in [1.807, 2.05) is 30.3 Å². The van der Waals surface area contributed by atoms with Crippen LogP contribution in [0.2, 0.25) is 0 Å². The molecule has 0 aliphatic rings. The average Bonchev–Trinajstić information content (AvgIpc) is 2.79. The van der Waals surface area contributed by atoms with Gasteiger partial charge in [0.1, 0.15) is 0 Å². The minimum Gasteiger partial charge on any atom is -0.369 e. The van der Waals surface area contributed by atoms with Crippen LogP contribution in [0.15, 0.2) is 83.8 Å². The highest BCUT2D eigenvalue weighted by molar-refractivity contribution is 7.89. The fourth-order valence-electron chi connectivity index (χ4n) is 3.28. The van der Waals surface area contributed by atoms with Crippen molar-refractivity contribution in [1.29, 1.82) is 0 Å². The van der Waals surface area contributed by atoms with Gasteiger partial charge in [0.05, 0.1) is 11.3 Å². The van der Waals surface area contributed by atoms with Crippen molar-refractivity contribution in [3.05, 3.63) is 95.6 Å². The van der Waals surface area contributed by atoms with Crippen LogP contribution in [0.4, 0.5) is 5.69 Å². The second-order valence-corrected chi connectivity index (χ2v) is 9.43. The summed E-state index contributed by atoms with van der Waals surface area (Å²) < 4.78 is 27.6. The summed E-state index contributed by atoms with van der Waals surface area (Å²) in [6, 6.07) is 23.2. The molecule has 0 saturated heterocycles. The van der Waals surface area contributed by atoms with Crippen molar-refractivity contribution in [2.24, 2.45) is 5.73 Å². The van der Waals surface area contributed by atoms with Crippen LogP contribution < -0.4 is 15.8 Å².